The predicted molar refractivity (Wildman–Crippen MR) is 23.5 cm³/mol. The number of hydrogen-bond donors (Lipinski definition) is 0. The van der Waals surface area contributed by atoms with Gasteiger partial charge in [0.1, 0.15) is 0 Å². The molecule has 0 aliphatic heterocycles. The molecule has 1 heterocycles. The Balaban J connectivity index is 0.000000490. The molecule has 8 heavy (non-hydrogen) atoms. The van der Waals surface area contributed by atoms with E-state index in [-0.39, 0.29) is 22.8 Å². The summed E-state index contributed by atoms with van der Waals surface area (Å²) >= 11 is 0. The van der Waals surface area contributed by atoms with Gasteiger partial charge in [-0.25, -0.2) is 0 Å². The van der Waals surface area contributed by atoms with Crippen LogP contribution >= 0.6 is 0 Å². The molecule has 0 saturated heterocycles. The maximum absolute atomic E-state index is 9.65. The van der Waals surface area contributed by atoms with Gasteiger partial charge in [0.2, 0.25) is 0 Å². The van der Waals surface area contributed by atoms with E-state index in [0.717, 1.165) is 0 Å². The van der Waals surface area contributed by atoms with Gasteiger partial charge in [-0.2, -0.15) is 6.07 Å². The molecule has 0 aliphatic rings. The Hall–Kier alpha value is -0.531. The summed E-state index contributed by atoms with van der Waals surface area (Å²) in [6.07, 6.45) is 3.02. The largest absolute Gasteiger partial charge is 0.501 e. The van der Waals surface area contributed by atoms with Gasteiger partial charge in [0, 0.05) is 23.4 Å². The molecule has 1 radical (unpaired) electrons. The summed E-state index contributed by atoms with van der Waals surface area (Å²) in [5.41, 5.74) is 0. The van der Waals surface area contributed by atoms with Crippen molar-refractivity contribution in [2.45, 2.75) is 0 Å². The molecule has 2 nitrogen and oxygen atoms in total. The zero-order chi connectivity index (χ0) is 5.11. The normalized spacial score (nSPS) is 7.50. The van der Waals surface area contributed by atoms with Crippen LogP contribution in [0.25, 0.3) is 0 Å². The Morgan fingerprint density at radius 1 is 1.62 bits per heavy atom. The molecule has 0 saturated carbocycles. The molecule has 0 fully saturated rings. The summed E-state index contributed by atoms with van der Waals surface area (Å²) < 4.78 is 4.56. The van der Waals surface area contributed by atoms with Crippen molar-refractivity contribution in [2.24, 2.45) is 0 Å². The van der Waals surface area contributed by atoms with E-state index in [1.165, 1.54) is 6.26 Å². The van der Waals surface area contributed by atoms with E-state index in [1.54, 1.807) is 18.4 Å². The molecule has 0 bridgehead atoms. The fourth-order valence-electron chi connectivity index (χ4n) is 0.337. The maximum Gasteiger partial charge on any atom is 0.0690 e. The third kappa shape index (κ3) is 1.52. The average Bonchev–Trinajstić information content (AvgIpc) is 2.14. The van der Waals surface area contributed by atoms with Crippen LogP contribution in [-0.4, -0.2) is 6.29 Å². The van der Waals surface area contributed by atoms with E-state index in [4.69, 9.17) is 0 Å². The first kappa shape index (κ1) is 7.47. The molecular formula is C5H3MnO2-. The van der Waals surface area contributed by atoms with Crippen molar-refractivity contribution in [1.29, 1.82) is 0 Å². The first-order valence-electron chi connectivity index (χ1n) is 1.85. The molecule has 0 spiro atoms. The topological polar surface area (TPSA) is 30.2 Å². The van der Waals surface area contributed by atoms with Crippen LogP contribution in [0, 0.1) is 0 Å². The minimum absolute atomic E-state index is 0. The van der Waals surface area contributed by atoms with E-state index in [2.05, 4.69) is 4.42 Å². The van der Waals surface area contributed by atoms with Crippen LogP contribution in [0.1, 0.15) is 5.76 Å². The van der Waals surface area contributed by atoms with Gasteiger partial charge >= 0.3 is 0 Å². The molecule has 43 valence electrons. The first-order valence-corrected chi connectivity index (χ1v) is 1.85. The van der Waals surface area contributed by atoms with E-state index in [1.807, 2.05) is 0 Å². The smallest absolute Gasteiger partial charge is 0.0690 e. The molecule has 0 unspecified atom stereocenters. The second kappa shape index (κ2) is 3.47. The van der Waals surface area contributed by atoms with Crippen LogP contribution in [0.15, 0.2) is 22.8 Å². The molecule has 1 aromatic heterocycles. The Morgan fingerprint density at radius 2 is 2.38 bits per heavy atom. The third-order valence-electron chi connectivity index (χ3n) is 0.622. The van der Waals surface area contributed by atoms with Gasteiger partial charge in [-0.15, -0.1) is 6.07 Å². The number of carbonyl (C=O) groups excluding carboxylic acids is 1. The van der Waals surface area contributed by atoms with Crippen LogP contribution < -0.4 is 0 Å². The SMILES string of the molecule is O=[C-]c1ccco1.[Mn]. The molecule has 3 heteroatoms. The molecule has 0 aromatic carbocycles. The Morgan fingerprint density at radius 3 is 2.62 bits per heavy atom. The first-order chi connectivity index (χ1) is 3.43. The van der Waals surface area contributed by atoms with Crippen molar-refractivity contribution >= 4 is 6.29 Å². The van der Waals surface area contributed by atoms with Gasteiger partial charge in [0.05, 0.1) is 6.26 Å². The number of hydrogen-bond acceptors (Lipinski definition) is 2. The standard InChI is InChI=1S/C5H3O2.Mn/c6-4-5-2-1-3-7-5;/h1-3H;/q-1;. The zero-order valence-corrected chi connectivity index (χ0v) is 5.11. The van der Waals surface area contributed by atoms with Crippen LogP contribution in [0.3, 0.4) is 0 Å². The molecule has 1 rings (SSSR count). The van der Waals surface area contributed by atoms with Crippen molar-refractivity contribution in [3.63, 3.8) is 0 Å². The second-order valence-corrected chi connectivity index (χ2v) is 1.08. The summed E-state index contributed by atoms with van der Waals surface area (Å²) in [5, 5.41) is 0. The summed E-state index contributed by atoms with van der Waals surface area (Å²) in [5.74, 6) is 0.250. The minimum atomic E-state index is 0. The average molecular weight is 150 g/mol. The fraction of sp³-hybridized carbons (Fsp3) is 0. The Labute approximate surface area is 57.3 Å². The van der Waals surface area contributed by atoms with Gasteiger partial charge in [-0.3, -0.25) is 0 Å². The number of furan rings is 1. The minimum Gasteiger partial charge on any atom is -0.501 e. The molecule has 1 aromatic rings. The zero-order valence-electron chi connectivity index (χ0n) is 3.93. The molecule has 0 amide bonds. The summed E-state index contributed by atoms with van der Waals surface area (Å²) in [6, 6.07) is 3.19. The van der Waals surface area contributed by atoms with Crippen molar-refractivity contribution in [3.05, 3.63) is 24.2 Å². The van der Waals surface area contributed by atoms with Gasteiger partial charge in [0.25, 0.3) is 0 Å². The van der Waals surface area contributed by atoms with Crippen molar-refractivity contribution < 1.29 is 26.3 Å². The quantitative estimate of drug-likeness (QED) is 0.436. The van der Waals surface area contributed by atoms with Gasteiger partial charge in [-0.05, 0) is 5.76 Å². The summed E-state index contributed by atoms with van der Waals surface area (Å²) in [4.78, 5) is 9.65. The predicted octanol–water partition coefficient (Wildman–Crippen LogP) is 0.735. The monoisotopic (exact) mass is 150 g/mol. The maximum atomic E-state index is 9.65. The Bertz CT molecular complexity index is 145. The summed E-state index contributed by atoms with van der Waals surface area (Å²) in [6.45, 7) is 0. The van der Waals surface area contributed by atoms with E-state index < -0.39 is 0 Å². The van der Waals surface area contributed by atoms with E-state index >= 15 is 0 Å². The number of rotatable bonds is 1. The van der Waals surface area contributed by atoms with Crippen LogP contribution in [0.5, 0.6) is 0 Å². The van der Waals surface area contributed by atoms with Crippen molar-refractivity contribution in [1.82, 2.24) is 0 Å². The second-order valence-electron chi connectivity index (χ2n) is 1.08. The van der Waals surface area contributed by atoms with Crippen LogP contribution in [-0.2, 0) is 21.9 Å². The van der Waals surface area contributed by atoms with Crippen LogP contribution in [0.2, 0.25) is 0 Å². The summed E-state index contributed by atoms with van der Waals surface area (Å²) in [7, 11) is 0. The van der Waals surface area contributed by atoms with Gasteiger partial charge in [0.15, 0.2) is 0 Å². The molecule has 0 aliphatic carbocycles. The third-order valence-corrected chi connectivity index (χ3v) is 0.622. The van der Waals surface area contributed by atoms with Crippen molar-refractivity contribution in [2.75, 3.05) is 0 Å². The Kier molecular flexibility index (Phi) is 3.24. The van der Waals surface area contributed by atoms with E-state index in [9.17, 15) is 4.79 Å². The molecule has 0 atom stereocenters. The van der Waals surface area contributed by atoms with Crippen LogP contribution in [0.4, 0.5) is 0 Å². The van der Waals surface area contributed by atoms with Gasteiger partial charge in [-0.1, -0.05) is 0 Å². The van der Waals surface area contributed by atoms with Crippen molar-refractivity contribution in [3.8, 4) is 0 Å². The van der Waals surface area contributed by atoms with Gasteiger partial charge < -0.3 is 9.21 Å². The molecule has 0 N–H and O–H groups in total. The fourth-order valence-corrected chi connectivity index (χ4v) is 0.337. The molecular weight excluding hydrogens is 147 g/mol. The van der Waals surface area contributed by atoms with E-state index in [0.29, 0.717) is 0 Å².